The van der Waals surface area contributed by atoms with Crippen molar-refractivity contribution in [3.8, 4) is 0 Å². The molecule has 1 aromatic rings. The van der Waals surface area contributed by atoms with Crippen LogP contribution in [-0.4, -0.2) is 51.3 Å². The van der Waals surface area contributed by atoms with Gasteiger partial charge in [-0.2, -0.15) is 0 Å². The number of rotatable bonds is 6. The number of hydrogen-bond acceptors (Lipinski definition) is 3. The van der Waals surface area contributed by atoms with Gasteiger partial charge in [0.05, 0.1) is 6.10 Å². The van der Waals surface area contributed by atoms with Crippen molar-refractivity contribution in [2.75, 3.05) is 34.3 Å². The molecular formula is C16H29N3OS. The van der Waals surface area contributed by atoms with Crippen molar-refractivity contribution >= 4 is 17.3 Å². The van der Waals surface area contributed by atoms with E-state index in [2.05, 4.69) is 60.5 Å². The standard InChI is InChI=1S/C16H29N3OS/c1-16(2,3)14(20-6)12-18-15(17-4)19(5)10-9-13-8-7-11-21-13/h7-8,11,14H,9-10,12H2,1-6H3,(H,17,18). The molecule has 0 aromatic carbocycles. The number of aliphatic imine (C=N–C) groups is 1. The molecule has 0 saturated heterocycles. The van der Waals surface area contributed by atoms with Gasteiger partial charge in [0.25, 0.3) is 0 Å². The van der Waals surface area contributed by atoms with Gasteiger partial charge in [0, 0.05) is 39.2 Å². The lowest BCUT2D eigenvalue weighted by atomic mass is 9.89. The van der Waals surface area contributed by atoms with Crippen LogP contribution in [0.15, 0.2) is 22.5 Å². The first-order valence-corrected chi connectivity index (χ1v) is 8.23. The Kier molecular flexibility index (Phi) is 7.18. The molecule has 0 saturated carbocycles. The maximum atomic E-state index is 5.57. The summed E-state index contributed by atoms with van der Waals surface area (Å²) in [6.07, 6.45) is 1.20. The fourth-order valence-corrected chi connectivity index (χ4v) is 2.85. The van der Waals surface area contributed by atoms with Crippen LogP contribution < -0.4 is 5.32 Å². The Balaban J connectivity index is 2.46. The summed E-state index contributed by atoms with van der Waals surface area (Å²) in [6.45, 7) is 8.27. The lowest BCUT2D eigenvalue weighted by Gasteiger charge is -2.31. The van der Waals surface area contributed by atoms with E-state index in [1.165, 1.54) is 4.88 Å². The van der Waals surface area contributed by atoms with Gasteiger partial charge in [-0.15, -0.1) is 11.3 Å². The molecule has 0 spiro atoms. The van der Waals surface area contributed by atoms with Gasteiger partial charge in [-0.25, -0.2) is 0 Å². The van der Waals surface area contributed by atoms with E-state index in [-0.39, 0.29) is 11.5 Å². The summed E-state index contributed by atoms with van der Waals surface area (Å²) in [5, 5.41) is 5.53. The maximum absolute atomic E-state index is 5.57. The summed E-state index contributed by atoms with van der Waals surface area (Å²) >= 11 is 1.80. The third kappa shape index (κ3) is 6.06. The quantitative estimate of drug-likeness (QED) is 0.648. The highest BCUT2D eigenvalue weighted by Gasteiger charge is 2.24. The van der Waals surface area contributed by atoms with Crippen LogP contribution in [0.3, 0.4) is 0 Å². The third-order valence-electron chi connectivity index (χ3n) is 3.54. The van der Waals surface area contributed by atoms with E-state index in [9.17, 15) is 0 Å². The van der Waals surface area contributed by atoms with Crippen molar-refractivity contribution in [2.45, 2.75) is 33.3 Å². The van der Waals surface area contributed by atoms with Crippen LogP contribution in [0.5, 0.6) is 0 Å². The predicted octanol–water partition coefficient (Wildman–Crippen LogP) is 2.86. The van der Waals surface area contributed by atoms with Crippen LogP contribution in [0.25, 0.3) is 0 Å². The zero-order valence-corrected chi connectivity index (χ0v) is 15.0. The first-order chi connectivity index (χ1) is 9.88. The minimum atomic E-state index is 0.107. The zero-order chi connectivity index (χ0) is 15.9. The normalized spacial score (nSPS) is 14.1. The van der Waals surface area contributed by atoms with E-state index in [0.717, 1.165) is 25.5 Å². The molecule has 0 bridgehead atoms. The van der Waals surface area contributed by atoms with Crippen LogP contribution in [0.2, 0.25) is 0 Å². The van der Waals surface area contributed by atoms with Crippen LogP contribution >= 0.6 is 11.3 Å². The van der Waals surface area contributed by atoms with Gasteiger partial charge in [0.1, 0.15) is 0 Å². The molecule has 1 unspecified atom stereocenters. The Morgan fingerprint density at radius 1 is 1.48 bits per heavy atom. The summed E-state index contributed by atoms with van der Waals surface area (Å²) in [4.78, 5) is 7.92. The number of hydrogen-bond donors (Lipinski definition) is 1. The molecule has 0 fully saturated rings. The van der Waals surface area contributed by atoms with E-state index >= 15 is 0 Å². The second-order valence-electron chi connectivity index (χ2n) is 6.27. The Bertz CT molecular complexity index is 423. The fourth-order valence-electron chi connectivity index (χ4n) is 2.15. The van der Waals surface area contributed by atoms with Crippen LogP contribution in [0.4, 0.5) is 0 Å². The van der Waals surface area contributed by atoms with E-state index in [1.807, 2.05) is 7.05 Å². The van der Waals surface area contributed by atoms with E-state index in [4.69, 9.17) is 4.74 Å². The summed E-state index contributed by atoms with van der Waals surface area (Å²) < 4.78 is 5.57. The summed E-state index contributed by atoms with van der Waals surface area (Å²) in [5.41, 5.74) is 0.107. The Morgan fingerprint density at radius 2 is 2.19 bits per heavy atom. The fraction of sp³-hybridized carbons (Fsp3) is 0.688. The number of nitrogens with zero attached hydrogens (tertiary/aromatic N) is 2. The van der Waals surface area contributed by atoms with Gasteiger partial charge in [0.2, 0.25) is 0 Å². The van der Waals surface area contributed by atoms with Gasteiger partial charge in [-0.1, -0.05) is 26.8 Å². The van der Waals surface area contributed by atoms with Crippen molar-refractivity contribution in [2.24, 2.45) is 10.4 Å². The van der Waals surface area contributed by atoms with Gasteiger partial charge in [0.15, 0.2) is 5.96 Å². The lowest BCUT2D eigenvalue weighted by molar-refractivity contribution is 0.0202. The number of guanidine groups is 1. The molecule has 0 aliphatic rings. The highest BCUT2D eigenvalue weighted by atomic mass is 32.1. The maximum Gasteiger partial charge on any atom is 0.193 e. The van der Waals surface area contributed by atoms with Crippen molar-refractivity contribution < 1.29 is 4.74 Å². The smallest absolute Gasteiger partial charge is 0.193 e. The minimum Gasteiger partial charge on any atom is -0.379 e. The molecule has 0 aliphatic heterocycles. The average Bonchev–Trinajstić information content (AvgIpc) is 2.93. The number of thiophene rings is 1. The van der Waals surface area contributed by atoms with Crippen LogP contribution in [0.1, 0.15) is 25.6 Å². The molecule has 4 nitrogen and oxygen atoms in total. The van der Waals surface area contributed by atoms with Gasteiger partial charge in [-0.3, -0.25) is 4.99 Å². The summed E-state index contributed by atoms with van der Waals surface area (Å²) in [5.74, 6) is 0.915. The van der Waals surface area contributed by atoms with Gasteiger partial charge < -0.3 is 15.0 Å². The second-order valence-corrected chi connectivity index (χ2v) is 7.30. The third-order valence-corrected chi connectivity index (χ3v) is 4.48. The average molecular weight is 311 g/mol. The van der Waals surface area contributed by atoms with E-state index in [0.29, 0.717) is 0 Å². The number of ether oxygens (including phenoxy) is 1. The first-order valence-electron chi connectivity index (χ1n) is 7.35. The molecule has 1 heterocycles. The number of nitrogens with one attached hydrogen (secondary N) is 1. The number of likely N-dealkylation sites (N-methyl/N-ethyl adjacent to an activating group) is 1. The molecule has 120 valence electrons. The van der Waals surface area contributed by atoms with Crippen molar-refractivity contribution in [3.63, 3.8) is 0 Å². The topological polar surface area (TPSA) is 36.9 Å². The highest BCUT2D eigenvalue weighted by molar-refractivity contribution is 7.09. The van der Waals surface area contributed by atoms with Gasteiger partial charge in [-0.05, 0) is 23.3 Å². The summed E-state index contributed by atoms with van der Waals surface area (Å²) in [6, 6.07) is 4.27. The van der Waals surface area contributed by atoms with Crippen molar-refractivity contribution in [1.82, 2.24) is 10.2 Å². The SMILES string of the molecule is CN=C(NCC(OC)C(C)(C)C)N(C)CCc1cccs1. The Morgan fingerprint density at radius 3 is 2.67 bits per heavy atom. The number of methoxy groups -OCH3 is 1. The molecule has 5 heteroatoms. The van der Waals surface area contributed by atoms with Crippen molar-refractivity contribution in [3.05, 3.63) is 22.4 Å². The highest BCUT2D eigenvalue weighted by Crippen LogP contribution is 2.21. The molecular weight excluding hydrogens is 282 g/mol. The van der Waals surface area contributed by atoms with Gasteiger partial charge >= 0.3 is 0 Å². The predicted molar refractivity (Wildman–Crippen MR) is 92.3 cm³/mol. The first kappa shape index (κ1) is 18.0. The largest absolute Gasteiger partial charge is 0.379 e. The zero-order valence-electron chi connectivity index (χ0n) is 14.1. The molecule has 1 aromatic heterocycles. The van der Waals surface area contributed by atoms with Crippen molar-refractivity contribution in [1.29, 1.82) is 0 Å². The van der Waals surface area contributed by atoms with Crippen LogP contribution in [-0.2, 0) is 11.2 Å². The van der Waals surface area contributed by atoms with E-state index in [1.54, 1.807) is 18.4 Å². The molecule has 0 radical (unpaired) electrons. The molecule has 1 N–H and O–H groups in total. The minimum absolute atomic E-state index is 0.107. The summed E-state index contributed by atoms with van der Waals surface area (Å²) in [7, 11) is 5.66. The second kappa shape index (κ2) is 8.39. The molecule has 0 amide bonds. The molecule has 1 atom stereocenters. The monoisotopic (exact) mass is 311 g/mol. The van der Waals surface area contributed by atoms with Crippen LogP contribution in [0, 0.1) is 5.41 Å². The molecule has 1 rings (SSSR count). The molecule has 0 aliphatic carbocycles. The Hall–Kier alpha value is -1.07. The Labute approximate surface area is 133 Å². The lowest BCUT2D eigenvalue weighted by Crippen LogP contribution is -2.46. The van der Waals surface area contributed by atoms with E-state index < -0.39 is 0 Å². The molecule has 21 heavy (non-hydrogen) atoms.